The van der Waals surface area contributed by atoms with Crippen LogP contribution in [0.1, 0.15) is 257 Å². The Labute approximate surface area is 290 Å². The molecule has 0 bridgehead atoms. The largest absolute Gasteiger partial charge is 0.218 e. The van der Waals surface area contributed by atoms with Gasteiger partial charge in [0, 0.05) is 19.3 Å². The van der Waals surface area contributed by atoms with Crippen molar-refractivity contribution in [3.05, 3.63) is 23.9 Å². The summed E-state index contributed by atoms with van der Waals surface area (Å²) in [7, 11) is 0. The Morgan fingerprint density at radius 2 is 0.522 bits per heavy atom. The van der Waals surface area contributed by atoms with E-state index >= 15 is 0 Å². The lowest BCUT2D eigenvalue weighted by Gasteiger charge is -2.07. The molecule has 3 heteroatoms. The molecule has 1 aromatic heterocycles. The molecule has 0 aromatic carbocycles. The number of aryl methyl sites for hydroxylation is 2. The molecule has 0 fully saturated rings. The number of aromatic nitrogens is 3. The summed E-state index contributed by atoms with van der Waals surface area (Å²) in [5.41, 5.74) is 0. The quantitative estimate of drug-likeness (QED) is 0.0679. The van der Waals surface area contributed by atoms with Gasteiger partial charge in [0.1, 0.15) is 17.5 Å². The van der Waals surface area contributed by atoms with Gasteiger partial charge in [-0.05, 0) is 12.8 Å². The van der Waals surface area contributed by atoms with Gasteiger partial charge >= 0.3 is 0 Å². The van der Waals surface area contributed by atoms with Crippen LogP contribution in [-0.4, -0.2) is 15.0 Å². The van der Waals surface area contributed by atoms with E-state index < -0.39 is 0 Å². The molecule has 0 atom stereocenters. The van der Waals surface area contributed by atoms with Gasteiger partial charge in [-0.2, -0.15) is 0 Å². The van der Waals surface area contributed by atoms with Crippen molar-refractivity contribution in [2.24, 2.45) is 0 Å². The standard InChI is InChI=1S/C43H82N3/c1-4-7-9-11-13-15-17-19-21-23-25-27-29-31-33-35-37-39-42-44-41(6-3)45-43(46-42)40-38-36-34-32-30-28-26-24-22-20-18-16-14-12-10-8-5-2/h6H,4-5,7-40H2,1-3H3. The highest BCUT2D eigenvalue weighted by Gasteiger charge is 2.06. The van der Waals surface area contributed by atoms with Crippen molar-refractivity contribution in [3.8, 4) is 0 Å². The van der Waals surface area contributed by atoms with Gasteiger partial charge in [-0.3, -0.25) is 0 Å². The van der Waals surface area contributed by atoms with Crippen LogP contribution in [0.25, 0.3) is 0 Å². The average molecular weight is 641 g/mol. The summed E-state index contributed by atoms with van der Waals surface area (Å²) in [6, 6.07) is 0. The highest BCUT2D eigenvalue weighted by atomic mass is 15.0. The normalized spacial score (nSPS) is 11.5. The highest BCUT2D eigenvalue weighted by Crippen LogP contribution is 2.16. The van der Waals surface area contributed by atoms with E-state index in [0.717, 1.165) is 30.3 Å². The molecule has 269 valence electrons. The Bertz CT molecular complexity index is 676. The van der Waals surface area contributed by atoms with E-state index in [0.29, 0.717) is 0 Å². The first-order valence-corrected chi connectivity index (χ1v) is 21.3. The highest BCUT2D eigenvalue weighted by molar-refractivity contribution is 5.04. The number of hydrogen-bond donors (Lipinski definition) is 0. The third-order valence-corrected chi connectivity index (χ3v) is 10.0. The third kappa shape index (κ3) is 29.2. The van der Waals surface area contributed by atoms with Crippen LogP contribution in [0.3, 0.4) is 0 Å². The van der Waals surface area contributed by atoms with E-state index in [2.05, 4.69) is 13.8 Å². The van der Waals surface area contributed by atoms with E-state index in [1.807, 2.05) is 13.3 Å². The molecule has 0 aliphatic carbocycles. The maximum atomic E-state index is 4.86. The first-order chi connectivity index (χ1) is 22.8. The predicted octanol–water partition coefficient (Wildman–Crippen LogP) is 14.8. The zero-order valence-corrected chi connectivity index (χ0v) is 31.9. The van der Waals surface area contributed by atoms with Crippen LogP contribution in [0.4, 0.5) is 0 Å². The zero-order valence-electron chi connectivity index (χ0n) is 31.9. The molecule has 0 amide bonds. The Hall–Kier alpha value is -0.990. The summed E-state index contributed by atoms with van der Waals surface area (Å²) in [4.78, 5) is 14.3. The minimum absolute atomic E-state index is 0.874. The molecule has 0 spiro atoms. The Morgan fingerprint density at radius 1 is 0.304 bits per heavy atom. The van der Waals surface area contributed by atoms with Crippen molar-refractivity contribution in [1.82, 2.24) is 15.0 Å². The molecule has 1 radical (unpaired) electrons. The molecule has 46 heavy (non-hydrogen) atoms. The van der Waals surface area contributed by atoms with Gasteiger partial charge in [0.15, 0.2) is 0 Å². The van der Waals surface area contributed by atoms with Gasteiger partial charge in [0.25, 0.3) is 0 Å². The van der Waals surface area contributed by atoms with Crippen LogP contribution < -0.4 is 0 Å². The summed E-state index contributed by atoms with van der Waals surface area (Å²) >= 11 is 0. The number of rotatable bonds is 37. The lowest BCUT2D eigenvalue weighted by Crippen LogP contribution is -2.07. The van der Waals surface area contributed by atoms with Crippen LogP contribution in [0.2, 0.25) is 0 Å². The van der Waals surface area contributed by atoms with Gasteiger partial charge in [-0.25, -0.2) is 15.0 Å². The van der Waals surface area contributed by atoms with Crippen molar-refractivity contribution in [2.75, 3.05) is 0 Å². The smallest absolute Gasteiger partial charge is 0.136 e. The molecular weight excluding hydrogens is 558 g/mol. The fourth-order valence-electron chi connectivity index (χ4n) is 6.86. The second-order valence-electron chi connectivity index (χ2n) is 14.6. The van der Waals surface area contributed by atoms with Gasteiger partial charge in [-0.1, -0.05) is 226 Å². The van der Waals surface area contributed by atoms with E-state index in [-0.39, 0.29) is 0 Å². The van der Waals surface area contributed by atoms with Crippen molar-refractivity contribution >= 4 is 0 Å². The second kappa shape index (κ2) is 35.3. The number of hydrogen-bond acceptors (Lipinski definition) is 3. The summed E-state index contributed by atoms with van der Waals surface area (Å²) in [5, 5.41) is 0. The fourth-order valence-corrected chi connectivity index (χ4v) is 6.86. The molecule has 1 aromatic rings. The zero-order chi connectivity index (χ0) is 33.0. The maximum Gasteiger partial charge on any atom is 0.136 e. The van der Waals surface area contributed by atoms with Crippen molar-refractivity contribution in [1.29, 1.82) is 0 Å². The van der Waals surface area contributed by atoms with E-state index in [9.17, 15) is 0 Å². The first-order valence-electron chi connectivity index (χ1n) is 21.3. The van der Waals surface area contributed by atoms with Crippen LogP contribution in [-0.2, 0) is 12.8 Å². The summed E-state index contributed by atoms with van der Waals surface area (Å²) < 4.78 is 0. The van der Waals surface area contributed by atoms with Crippen molar-refractivity contribution < 1.29 is 0 Å². The predicted molar refractivity (Wildman–Crippen MR) is 205 cm³/mol. The van der Waals surface area contributed by atoms with Gasteiger partial charge in [-0.15, -0.1) is 0 Å². The van der Waals surface area contributed by atoms with Crippen LogP contribution in [0.5, 0.6) is 0 Å². The minimum atomic E-state index is 0.874. The molecule has 3 nitrogen and oxygen atoms in total. The number of unbranched alkanes of at least 4 members (excludes halogenated alkanes) is 32. The number of nitrogens with zero attached hydrogens (tertiary/aromatic N) is 3. The minimum Gasteiger partial charge on any atom is -0.218 e. The lowest BCUT2D eigenvalue weighted by molar-refractivity contribution is 0.525. The van der Waals surface area contributed by atoms with Crippen molar-refractivity contribution in [3.63, 3.8) is 0 Å². The Morgan fingerprint density at radius 3 is 0.739 bits per heavy atom. The van der Waals surface area contributed by atoms with Crippen molar-refractivity contribution in [2.45, 2.75) is 252 Å². The summed E-state index contributed by atoms with van der Waals surface area (Å²) in [5.74, 6) is 2.91. The van der Waals surface area contributed by atoms with Gasteiger partial charge < -0.3 is 0 Å². The molecule has 0 unspecified atom stereocenters. The van der Waals surface area contributed by atoms with Gasteiger partial charge in [0.2, 0.25) is 0 Å². The first kappa shape index (κ1) is 43.0. The van der Waals surface area contributed by atoms with E-state index in [1.54, 1.807) is 0 Å². The molecular formula is C43H82N3. The summed E-state index contributed by atoms with van der Waals surface area (Å²) in [6.07, 6.45) is 52.1. The molecule has 0 saturated heterocycles. The van der Waals surface area contributed by atoms with E-state index in [1.165, 1.54) is 218 Å². The molecule has 1 rings (SSSR count). The lowest BCUT2D eigenvalue weighted by atomic mass is 10.0. The Balaban J connectivity index is 1.95. The Kier molecular flexibility index (Phi) is 33.0. The average Bonchev–Trinajstić information content (AvgIpc) is 3.07. The summed E-state index contributed by atoms with van der Waals surface area (Å²) in [6.45, 7) is 6.65. The topological polar surface area (TPSA) is 38.7 Å². The molecule has 0 aliphatic heterocycles. The van der Waals surface area contributed by atoms with Crippen LogP contribution in [0, 0.1) is 6.42 Å². The molecule has 0 aliphatic rings. The molecule has 0 N–H and O–H groups in total. The molecule has 1 heterocycles. The third-order valence-electron chi connectivity index (χ3n) is 10.0. The monoisotopic (exact) mass is 641 g/mol. The van der Waals surface area contributed by atoms with E-state index in [4.69, 9.17) is 15.0 Å². The van der Waals surface area contributed by atoms with Gasteiger partial charge in [0.05, 0.1) is 0 Å². The van der Waals surface area contributed by atoms with Crippen LogP contribution in [0.15, 0.2) is 0 Å². The molecule has 0 saturated carbocycles. The SMILES string of the molecule is C[CH]c1nc(CCCCCCCCCCCCCCCCCCC)nc(CCCCCCCCCCCCCCCCCCC)n1. The van der Waals surface area contributed by atoms with Crippen LogP contribution >= 0.6 is 0 Å². The second-order valence-corrected chi connectivity index (χ2v) is 14.6. The fraction of sp³-hybridized carbons (Fsp3) is 0.907. The maximum absolute atomic E-state index is 4.86.